The molecule has 0 radical (unpaired) electrons. The van der Waals surface area contributed by atoms with Crippen LogP contribution < -0.4 is 5.32 Å². The lowest BCUT2D eigenvalue weighted by Crippen LogP contribution is -2.68. The van der Waals surface area contributed by atoms with E-state index in [0.29, 0.717) is 0 Å². The molecular formula is C35H51N3O14. The zero-order valence-electron chi connectivity index (χ0n) is 28.8. The lowest BCUT2D eigenvalue weighted by atomic mass is 9.92. The summed E-state index contributed by atoms with van der Waals surface area (Å²) in [5.74, 6) is 0.290. The highest BCUT2D eigenvalue weighted by Gasteiger charge is 2.54. The number of nitrogens with zero attached hydrogens (tertiary/aromatic N) is 2. The first-order chi connectivity index (χ1) is 25.1. The maximum Gasteiger partial charge on any atom is 0.187 e. The zero-order chi connectivity index (χ0) is 37.4. The van der Waals surface area contributed by atoms with Crippen LogP contribution in [0.2, 0.25) is 0 Å². The molecule has 1 aliphatic carbocycles. The summed E-state index contributed by atoms with van der Waals surface area (Å²) in [4.78, 5) is 22.6. The minimum atomic E-state index is -1.87. The molecule has 3 saturated heterocycles. The number of nitrogens with one attached hydrogen (secondary N) is 1. The molecule has 1 saturated carbocycles. The van der Waals surface area contributed by atoms with Gasteiger partial charge in [-0.05, 0) is 44.1 Å². The first-order valence-corrected chi connectivity index (χ1v) is 17.8. The molecule has 3 aliphatic heterocycles. The van der Waals surface area contributed by atoms with Gasteiger partial charge in [0.05, 0.1) is 12.7 Å². The normalized spacial score (nSPS) is 42.7. The number of hydrogen-bond acceptors (Lipinski definition) is 17. The van der Waals surface area contributed by atoms with E-state index in [1.807, 2.05) is 42.5 Å². The molecule has 52 heavy (non-hydrogen) atoms. The molecule has 1 aromatic carbocycles. The lowest BCUT2D eigenvalue weighted by molar-refractivity contribution is -0.365. The van der Waals surface area contributed by atoms with Gasteiger partial charge in [-0.1, -0.05) is 71.4 Å². The van der Waals surface area contributed by atoms with Crippen molar-refractivity contribution in [2.24, 2.45) is 10.4 Å². The van der Waals surface area contributed by atoms with Gasteiger partial charge in [-0.3, -0.25) is 5.32 Å². The van der Waals surface area contributed by atoms with Gasteiger partial charge in [0, 0.05) is 6.04 Å². The van der Waals surface area contributed by atoms with Gasteiger partial charge in [-0.25, -0.2) is 0 Å². The lowest BCUT2D eigenvalue weighted by Gasteiger charge is -2.49. The maximum atomic E-state index is 11.8. The van der Waals surface area contributed by atoms with E-state index < -0.39 is 105 Å². The number of ether oxygens (including phenoxy) is 5. The Bertz CT molecular complexity index is 1320. The quantitative estimate of drug-likeness (QED) is 0.108. The van der Waals surface area contributed by atoms with E-state index >= 15 is 0 Å². The Hall–Kier alpha value is -2.62. The molecule has 0 bridgehead atoms. The van der Waals surface area contributed by atoms with E-state index in [4.69, 9.17) is 23.7 Å². The molecule has 8 N–H and O–H groups in total. The van der Waals surface area contributed by atoms with Gasteiger partial charge in [-0.2, -0.15) is 9.81 Å². The molecule has 4 fully saturated rings. The Kier molecular flexibility index (Phi) is 14.9. The van der Waals surface area contributed by atoms with E-state index in [0.717, 1.165) is 32.1 Å². The predicted octanol–water partition coefficient (Wildman–Crippen LogP) is -0.159. The van der Waals surface area contributed by atoms with E-state index in [1.165, 1.54) is 12.5 Å². The third kappa shape index (κ3) is 9.54. The number of hydrogen-bond donors (Lipinski definition) is 8. The average molecular weight is 738 g/mol. The van der Waals surface area contributed by atoms with E-state index in [1.54, 1.807) is 0 Å². The van der Waals surface area contributed by atoms with Crippen LogP contribution in [0, 0.1) is 9.81 Å². The molecule has 290 valence electrons. The molecule has 4 aliphatic rings. The minimum Gasteiger partial charge on any atom is -0.394 e. The SMILES string of the molecule is CC1O[C@@H](OC2C(O)[C@H](NC3CCC[C@@H](c4ccccccccc4)CC3)OC(CO)[C@H]2O[C@@H]2OC(CN=O)[C@H](O)C(N=O)C2O)C(O)C(O)[C@@H]1O. The van der Waals surface area contributed by atoms with Crippen LogP contribution >= 0.6 is 0 Å². The predicted molar refractivity (Wildman–Crippen MR) is 182 cm³/mol. The third-order valence-electron chi connectivity index (χ3n) is 10.4. The van der Waals surface area contributed by atoms with Crippen molar-refractivity contribution in [2.45, 2.75) is 143 Å². The molecule has 10 unspecified atom stereocenters. The highest BCUT2D eigenvalue weighted by Crippen LogP contribution is 2.35. The van der Waals surface area contributed by atoms with Crippen LogP contribution in [0.3, 0.4) is 0 Å². The maximum absolute atomic E-state index is 11.8. The molecule has 17 atom stereocenters. The highest BCUT2D eigenvalue weighted by atomic mass is 16.7. The summed E-state index contributed by atoms with van der Waals surface area (Å²) in [5.41, 5.74) is 1.20. The summed E-state index contributed by atoms with van der Waals surface area (Å²) >= 11 is 0. The second kappa shape index (κ2) is 19.1. The summed E-state index contributed by atoms with van der Waals surface area (Å²) in [6.45, 7) is 0.136. The van der Waals surface area contributed by atoms with E-state index in [9.17, 15) is 45.6 Å². The summed E-state index contributed by atoms with van der Waals surface area (Å²) in [7, 11) is 0. The van der Waals surface area contributed by atoms with E-state index in [2.05, 4.69) is 27.8 Å². The van der Waals surface area contributed by atoms with Gasteiger partial charge in [0.25, 0.3) is 0 Å². The standard InChI is InChI=1S/C35H51N3O14/c1-18-25(40)28(43)29(44)35(48-18)52-32-30(45)33(37-21-13-9-12-20(14-15-21)19-10-7-5-3-2-4-6-8-11-19)49-23(17-39)31(32)51-34-27(42)24(38-47)26(41)22(50-34)16-36-46/h2-8,10-11,18,20-35,37,39-45H,9,12-17H2,1H3/t18?,20-,21?,22?,23?,24?,25-,26+,27?,28?,29?,30?,31-,32?,33-,34+,35+/m1/s1. The third-order valence-corrected chi connectivity index (χ3v) is 10.4. The van der Waals surface area contributed by atoms with Crippen molar-refractivity contribution in [2.75, 3.05) is 13.2 Å². The van der Waals surface area contributed by atoms with Crippen LogP contribution in [0.5, 0.6) is 0 Å². The molecule has 17 heteroatoms. The molecule has 0 aromatic heterocycles. The van der Waals surface area contributed by atoms with Crippen LogP contribution in [0.15, 0.2) is 65.0 Å². The van der Waals surface area contributed by atoms with Gasteiger partial charge in [0.1, 0.15) is 73.8 Å². The van der Waals surface area contributed by atoms with Crippen LogP contribution in [0.25, 0.3) is 0 Å². The molecule has 1 aromatic rings. The highest BCUT2D eigenvalue weighted by molar-refractivity contribution is 5.17. The Morgan fingerprint density at radius 3 is 2.02 bits per heavy atom. The van der Waals surface area contributed by atoms with Crippen molar-refractivity contribution < 1.29 is 59.4 Å². The van der Waals surface area contributed by atoms with Crippen molar-refractivity contribution in [1.29, 1.82) is 0 Å². The minimum absolute atomic E-state index is 0.126. The van der Waals surface area contributed by atoms with Crippen molar-refractivity contribution in [1.82, 2.24) is 5.32 Å². The van der Waals surface area contributed by atoms with Crippen LogP contribution in [0.4, 0.5) is 0 Å². The van der Waals surface area contributed by atoms with Crippen molar-refractivity contribution in [3.05, 3.63) is 70.0 Å². The van der Waals surface area contributed by atoms with Gasteiger partial charge >= 0.3 is 0 Å². The Balaban J connectivity index is 1.37. The van der Waals surface area contributed by atoms with Crippen LogP contribution in [-0.4, -0.2) is 147 Å². The topological polar surface area (TPSA) is 259 Å². The second-order valence-corrected chi connectivity index (χ2v) is 13.8. The van der Waals surface area contributed by atoms with Gasteiger partial charge < -0.3 is 59.4 Å². The van der Waals surface area contributed by atoms with Crippen molar-refractivity contribution in [3.63, 3.8) is 0 Å². The number of aliphatic hydroxyl groups is 7. The van der Waals surface area contributed by atoms with Crippen molar-refractivity contribution in [3.8, 4) is 0 Å². The van der Waals surface area contributed by atoms with Crippen molar-refractivity contribution >= 4 is 0 Å². The molecule has 0 spiro atoms. The molecule has 0 amide bonds. The average Bonchev–Trinajstić information content (AvgIpc) is 3.38. The zero-order valence-corrected chi connectivity index (χ0v) is 28.8. The smallest absolute Gasteiger partial charge is 0.187 e. The Morgan fingerprint density at radius 2 is 1.37 bits per heavy atom. The van der Waals surface area contributed by atoms with Gasteiger partial charge in [0.2, 0.25) is 0 Å². The monoisotopic (exact) mass is 737 g/mol. The Morgan fingerprint density at radius 1 is 0.712 bits per heavy atom. The van der Waals surface area contributed by atoms with E-state index in [-0.39, 0.29) is 12.0 Å². The molecule has 3 heterocycles. The number of aliphatic hydroxyl groups excluding tert-OH is 7. The largest absolute Gasteiger partial charge is 0.394 e. The summed E-state index contributed by atoms with van der Waals surface area (Å²) in [6, 6.07) is 16.3. The molecule has 5 rings (SSSR count). The van der Waals surface area contributed by atoms with Crippen LogP contribution in [-0.2, 0) is 23.7 Å². The number of nitroso groups, excluding NO2 is 2. The molecule has 17 nitrogen and oxygen atoms in total. The number of rotatable bonds is 11. The first-order valence-electron chi connectivity index (χ1n) is 17.8. The fourth-order valence-electron chi connectivity index (χ4n) is 7.36. The fourth-order valence-corrected chi connectivity index (χ4v) is 7.36. The summed E-state index contributed by atoms with van der Waals surface area (Å²) in [6.07, 6.45) is -17.1. The molecular weight excluding hydrogens is 686 g/mol. The fraction of sp³-hybridized carbons (Fsp3) is 0.714. The first kappa shape index (κ1) is 40.6. The summed E-state index contributed by atoms with van der Waals surface area (Å²) in [5, 5.41) is 84.0. The van der Waals surface area contributed by atoms with Gasteiger partial charge in [-0.15, -0.1) is 0 Å². The van der Waals surface area contributed by atoms with Gasteiger partial charge in [0.15, 0.2) is 18.6 Å². The Labute approximate surface area is 301 Å². The summed E-state index contributed by atoms with van der Waals surface area (Å²) < 4.78 is 29.5. The second-order valence-electron chi connectivity index (χ2n) is 13.8. The van der Waals surface area contributed by atoms with Crippen LogP contribution in [0.1, 0.15) is 50.5 Å².